The molecule has 0 saturated heterocycles. The maximum atomic E-state index is 4.31. The predicted octanol–water partition coefficient (Wildman–Crippen LogP) is 2.43. The van der Waals surface area contributed by atoms with E-state index in [0.717, 1.165) is 19.5 Å². The van der Waals surface area contributed by atoms with E-state index in [0.29, 0.717) is 12.0 Å². The average Bonchev–Trinajstić information content (AvgIpc) is 2.62. The summed E-state index contributed by atoms with van der Waals surface area (Å²) in [5, 5.41) is 7.83. The number of nitrogens with one attached hydrogen (secondary N) is 1. The smallest absolute Gasteiger partial charge is 0.0522 e. The van der Waals surface area contributed by atoms with Crippen LogP contribution in [0.25, 0.3) is 0 Å². The van der Waals surface area contributed by atoms with Gasteiger partial charge in [-0.3, -0.25) is 4.68 Å². The second-order valence-corrected chi connectivity index (χ2v) is 4.46. The van der Waals surface area contributed by atoms with Crippen LogP contribution in [0.4, 0.5) is 0 Å². The van der Waals surface area contributed by atoms with Gasteiger partial charge in [-0.25, -0.2) is 0 Å². The first-order valence-electron chi connectivity index (χ1n) is 5.89. The summed E-state index contributed by atoms with van der Waals surface area (Å²) in [5.74, 6) is 0.674. The van der Waals surface area contributed by atoms with E-state index in [1.54, 1.807) is 0 Å². The van der Waals surface area contributed by atoms with Gasteiger partial charge in [0, 0.05) is 25.3 Å². The van der Waals surface area contributed by atoms with Crippen molar-refractivity contribution in [1.82, 2.24) is 15.1 Å². The minimum absolute atomic E-state index is 0.551. The molecule has 15 heavy (non-hydrogen) atoms. The molecule has 0 aromatic carbocycles. The van der Waals surface area contributed by atoms with Gasteiger partial charge in [0.1, 0.15) is 0 Å². The van der Waals surface area contributed by atoms with E-state index in [9.17, 15) is 0 Å². The summed E-state index contributed by atoms with van der Waals surface area (Å²) in [6.07, 6.45) is 3.02. The van der Waals surface area contributed by atoms with Gasteiger partial charge in [-0.05, 0) is 25.3 Å². The van der Waals surface area contributed by atoms with Crippen LogP contribution in [0.5, 0.6) is 0 Å². The molecule has 1 aromatic heterocycles. The van der Waals surface area contributed by atoms with Gasteiger partial charge in [0.05, 0.1) is 5.69 Å². The quantitative estimate of drug-likeness (QED) is 0.780. The molecule has 0 amide bonds. The predicted molar refractivity (Wildman–Crippen MR) is 63.7 cm³/mol. The van der Waals surface area contributed by atoms with Gasteiger partial charge in [-0.15, -0.1) is 0 Å². The Labute approximate surface area is 92.9 Å². The number of aromatic nitrogens is 2. The monoisotopic (exact) mass is 209 g/mol. The third-order valence-electron chi connectivity index (χ3n) is 2.85. The molecule has 0 fully saturated rings. The molecule has 0 bridgehead atoms. The molecule has 0 aliphatic heterocycles. The first-order valence-corrected chi connectivity index (χ1v) is 5.89. The average molecular weight is 209 g/mol. The van der Waals surface area contributed by atoms with Gasteiger partial charge >= 0.3 is 0 Å². The summed E-state index contributed by atoms with van der Waals surface area (Å²) in [6, 6.07) is 2.64. The molecule has 1 heterocycles. The van der Waals surface area contributed by atoms with Crippen LogP contribution in [-0.2, 0) is 13.1 Å². The van der Waals surface area contributed by atoms with E-state index in [1.165, 1.54) is 5.69 Å². The van der Waals surface area contributed by atoms with E-state index < -0.39 is 0 Å². The molecule has 0 spiro atoms. The molecule has 1 unspecified atom stereocenters. The van der Waals surface area contributed by atoms with Crippen LogP contribution >= 0.6 is 0 Å². The van der Waals surface area contributed by atoms with Crippen LogP contribution in [0.2, 0.25) is 0 Å². The molecule has 0 radical (unpaired) electrons. The fourth-order valence-corrected chi connectivity index (χ4v) is 1.42. The lowest BCUT2D eigenvalue weighted by Crippen LogP contribution is -2.31. The van der Waals surface area contributed by atoms with Crippen molar-refractivity contribution < 1.29 is 0 Å². The van der Waals surface area contributed by atoms with Crippen LogP contribution in [-0.4, -0.2) is 15.8 Å². The van der Waals surface area contributed by atoms with Crippen molar-refractivity contribution in [2.24, 2.45) is 5.92 Å². The first-order chi connectivity index (χ1) is 7.15. The van der Waals surface area contributed by atoms with Crippen LogP contribution < -0.4 is 5.32 Å². The standard InChI is InChI=1S/C12H23N3/c1-5-8-15-12(6-7-14-15)9-13-11(4)10(2)3/h6-7,10-11,13H,5,8-9H2,1-4H3. The first kappa shape index (κ1) is 12.2. The summed E-state index contributed by atoms with van der Waals surface area (Å²) >= 11 is 0. The van der Waals surface area contributed by atoms with Crippen molar-refractivity contribution in [3.8, 4) is 0 Å². The summed E-state index contributed by atoms with van der Waals surface area (Å²) in [4.78, 5) is 0. The van der Waals surface area contributed by atoms with Crippen LogP contribution in [0.3, 0.4) is 0 Å². The van der Waals surface area contributed by atoms with E-state index in [1.807, 2.05) is 6.20 Å². The Kier molecular flexibility index (Phi) is 4.82. The molecule has 0 saturated carbocycles. The van der Waals surface area contributed by atoms with Crippen LogP contribution in [0.15, 0.2) is 12.3 Å². The highest BCUT2D eigenvalue weighted by molar-refractivity contribution is 5.00. The Morgan fingerprint density at radius 3 is 2.73 bits per heavy atom. The van der Waals surface area contributed by atoms with Crippen molar-refractivity contribution in [3.63, 3.8) is 0 Å². The molecule has 1 aromatic rings. The lowest BCUT2D eigenvalue weighted by Gasteiger charge is -2.17. The molecule has 3 nitrogen and oxygen atoms in total. The highest BCUT2D eigenvalue weighted by atomic mass is 15.3. The van der Waals surface area contributed by atoms with Crippen molar-refractivity contribution in [1.29, 1.82) is 0 Å². The van der Waals surface area contributed by atoms with Crippen molar-refractivity contribution >= 4 is 0 Å². The van der Waals surface area contributed by atoms with Crippen molar-refractivity contribution in [2.75, 3.05) is 0 Å². The zero-order chi connectivity index (χ0) is 11.3. The molecule has 86 valence electrons. The molecular formula is C12H23N3. The van der Waals surface area contributed by atoms with Gasteiger partial charge in [0.15, 0.2) is 0 Å². The van der Waals surface area contributed by atoms with Gasteiger partial charge in [0.25, 0.3) is 0 Å². The number of hydrogen-bond donors (Lipinski definition) is 1. The van der Waals surface area contributed by atoms with E-state index in [-0.39, 0.29) is 0 Å². The summed E-state index contributed by atoms with van der Waals surface area (Å²) in [7, 11) is 0. The highest BCUT2D eigenvalue weighted by Crippen LogP contribution is 2.04. The van der Waals surface area contributed by atoms with Crippen molar-refractivity contribution in [2.45, 2.75) is 53.2 Å². The maximum absolute atomic E-state index is 4.31. The summed E-state index contributed by atoms with van der Waals surface area (Å²) in [6.45, 7) is 10.8. The third kappa shape index (κ3) is 3.67. The lowest BCUT2D eigenvalue weighted by molar-refractivity contribution is 0.415. The van der Waals surface area contributed by atoms with Gasteiger partial charge in [0.2, 0.25) is 0 Å². The van der Waals surface area contributed by atoms with Crippen molar-refractivity contribution in [3.05, 3.63) is 18.0 Å². The zero-order valence-corrected chi connectivity index (χ0v) is 10.3. The molecule has 0 aliphatic carbocycles. The Hall–Kier alpha value is -0.830. The van der Waals surface area contributed by atoms with Gasteiger partial charge < -0.3 is 5.32 Å². The third-order valence-corrected chi connectivity index (χ3v) is 2.85. The van der Waals surface area contributed by atoms with Crippen LogP contribution in [0.1, 0.15) is 39.8 Å². The largest absolute Gasteiger partial charge is 0.308 e. The maximum Gasteiger partial charge on any atom is 0.0522 e. The number of rotatable bonds is 6. The fraction of sp³-hybridized carbons (Fsp3) is 0.750. The van der Waals surface area contributed by atoms with E-state index >= 15 is 0 Å². The minimum atomic E-state index is 0.551. The molecule has 0 aliphatic rings. The molecule has 1 rings (SSSR count). The minimum Gasteiger partial charge on any atom is -0.308 e. The summed E-state index contributed by atoms with van der Waals surface area (Å²) in [5.41, 5.74) is 1.28. The Morgan fingerprint density at radius 2 is 2.13 bits per heavy atom. The van der Waals surface area contributed by atoms with E-state index in [2.05, 4.69) is 48.9 Å². The Balaban J connectivity index is 2.46. The molecular weight excluding hydrogens is 186 g/mol. The highest BCUT2D eigenvalue weighted by Gasteiger charge is 2.07. The SMILES string of the molecule is CCCn1nccc1CNC(C)C(C)C. The molecule has 3 heteroatoms. The molecule has 1 atom stereocenters. The fourth-order valence-electron chi connectivity index (χ4n) is 1.42. The topological polar surface area (TPSA) is 29.9 Å². The lowest BCUT2D eigenvalue weighted by atomic mass is 10.1. The second-order valence-electron chi connectivity index (χ2n) is 4.46. The number of nitrogens with zero attached hydrogens (tertiary/aromatic N) is 2. The van der Waals surface area contributed by atoms with Gasteiger partial charge in [-0.2, -0.15) is 5.10 Å². The Bertz CT molecular complexity index is 278. The number of hydrogen-bond acceptors (Lipinski definition) is 2. The number of aryl methyl sites for hydroxylation is 1. The van der Waals surface area contributed by atoms with Gasteiger partial charge in [-0.1, -0.05) is 20.8 Å². The Morgan fingerprint density at radius 1 is 1.40 bits per heavy atom. The second kappa shape index (κ2) is 5.91. The zero-order valence-electron chi connectivity index (χ0n) is 10.3. The molecule has 1 N–H and O–H groups in total. The normalized spacial score (nSPS) is 13.4. The van der Waals surface area contributed by atoms with Crippen LogP contribution in [0, 0.1) is 5.92 Å². The summed E-state index contributed by atoms with van der Waals surface area (Å²) < 4.78 is 2.08. The van der Waals surface area contributed by atoms with E-state index in [4.69, 9.17) is 0 Å².